The summed E-state index contributed by atoms with van der Waals surface area (Å²) in [6, 6.07) is -0.233. The van der Waals surface area contributed by atoms with Crippen LogP contribution in [0, 0.1) is 21.4 Å². The number of nitrogens with one attached hydrogen (secondary N) is 2. The zero-order chi connectivity index (χ0) is 7.11. The van der Waals surface area contributed by atoms with Gasteiger partial charge in [-0.2, -0.15) is 6.42 Å². The fourth-order valence-electron chi connectivity index (χ4n) is 0.389. The van der Waals surface area contributed by atoms with Gasteiger partial charge in [0.1, 0.15) is 0 Å². The first-order chi connectivity index (χ1) is 4.31. The average molecular weight is 499 g/mol. The van der Waals surface area contributed by atoms with E-state index < -0.39 is 0 Å². The molecule has 0 rings (SSSR count). The number of unbranched alkanes of at least 4 members (excludes halogenated alkanes) is 1. The first-order valence-corrected chi connectivity index (χ1v) is 2.91. The minimum atomic E-state index is -0.233. The molecule has 0 atom stereocenters. The van der Waals surface area contributed by atoms with Gasteiger partial charge in [-0.05, 0) is 0 Å². The van der Waals surface area contributed by atoms with Crippen molar-refractivity contribution in [1.29, 1.82) is 0 Å². The molecule has 0 bridgehead atoms. The molecule has 0 aromatic rings. The monoisotopic (exact) mass is 499 g/mol. The number of carbonyl (C=O) groups is 1. The molecule has 0 saturated carbocycles. The van der Waals surface area contributed by atoms with Crippen LogP contribution in [0.3, 0.4) is 0 Å². The minimum absolute atomic E-state index is 0. The first kappa shape index (κ1) is 36.1. The molecular weight excluding hydrogens is 484 g/mol. The van der Waals surface area contributed by atoms with Crippen LogP contribution in [0.25, 0.3) is 0 Å². The Hall–Kier alpha value is 3.69. The molecule has 0 spiro atoms. The Balaban J connectivity index is -0.0000000320. The van der Waals surface area contributed by atoms with E-state index in [1.165, 1.54) is 0 Å². The smallest absolute Gasteiger partial charge is 0.285 e. The van der Waals surface area contributed by atoms with Crippen LogP contribution in [0.2, 0.25) is 0 Å². The SMILES string of the molecule is [CH2-]CCCNC(=O)N[CH2-].[CH3-].[Y].[Y].[Y].[Y]. The van der Waals surface area contributed by atoms with Gasteiger partial charge in [-0.1, -0.05) is 6.42 Å². The van der Waals surface area contributed by atoms with E-state index in [9.17, 15) is 4.79 Å². The molecule has 0 aromatic carbocycles. The maximum Gasteiger partial charge on any atom is 0.285 e. The van der Waals surface area contributed by atoms with E-state index in [-0.39, 0.29) is 144 Å². The summed E-state index contributed by atoms with van der Waals surface area (Å²) in [7, 11) is 3.19. The number of hydrogen-bond donors (Lipinski definition) is 2. The Morgan fingerprint density at radius 2 is 1.57 bits per heavy atom. The number of amides is 2. The Labute approximate surface area is 189 Å². The van der Waals surface area contributed by atoms with Crippen molar-refractivity contribution >= 4 is 6.03 Å². The summed E-state index contributed by atoms with van der Waals surface area (Å²) in [6.45, 7) is 4.29. The van der Waals surface area contributed by atoms with Crippen molar-refractivity contribution in [2.45, 2.75) is 12.8 Å². The average Bonchev–Trinajstić information content (AvgIpc) is 1.89. The van der Waals surface area contributed by atoms with Crippen molar-refractivity contribution in [1.82, 2.24) is 10.6 Å². The molecule has 7 heteroatoms. The summed E-state index contributed by atoms with van der Waals surface area (Å²) in [5.74, 6) is 0. The molecule has 0 aliphatic heterocycles. The summed E-state index contributed by atoms with van der Waals surface area (Å²) in [6.07, 6.45) is 1.75. The van der Waals surface area contributed by atoms with Crippen molar-refractivity contribution in [3.8, 4) is 0 Å². The van der Waals surface area contributed by atoms with Crippen molar-refractivity contribution in [2.24, 2.45) is 0 Å². The molecule has 2 amide bonds. The van der Waals surface area contributed by atoms with Crippen molar-refractivity contribution in [3.05, 3.63) is 21.4 Å². The third kappa shape index (κ3) is 29.6. The Bertz CT molecular complexity index is 95.8. The van der Waals surface area contributed by atoms with Crippen LogP contribution in [0.5, 0.6) is 0 Å². The van der Waals surface area contributed by atoms with Crippen LogP contribution in [-0.2, 0) is 131 Å². The largest absolute Gasteiger partial charge is 0.490 e. The van der Waals surface area contributed by atoms with Gasteiger partial charge in [-0.15, -0.1) is 0 Å². The fourth-order valence-corrected chi connectivity index (χ4v) is 0.389. The van der Waals surface area contributed by atoms with Crippen LogP contribution < -0.4 is 10.6 Å². The van der Waals surface area contributed by atoms with E-state index in [4.69, 9.17) is 0 Å². The Morgan fingerprint density at radius 3 is 1.86 bits per heavy atom. The third-order valence-corrected chi connectivity index (χ3v) is 0.873. The number of urea groups is 1. The third-order valence-electron chi connectivity index (χ3n) is 0.873. The zero-order valence-electron chi connectivity index (χ0n) is 8.75. The zero-order valence-corrected chi connectivity index (χ0v) is 20.1. The number of hydrogen-bond acceptors (Lipinski definition) is 1. The van der Waals surface area contributed by atoms with Crippen LogP contribution in [0.15, 0.2) is 0 Å². The van der Waals surface area contributed by atoms with Crippen molar-refractivity contribution < 1.29 is 136 Å². The van der Waals surface area contributed by atoms with Crippen LogP contribution in [0.4, 0.5) is 4.79 Å². The second-order valence-corrected chi connectivity index (χ2v) is 1.64. The van der Waals surface area contributed by atoms with E-state index in [0.717, 1.165) is 12.8 Å². The van der Waals surface area contributed by atoms with Crippen molar-refractivity contribution in [3.63, 3.8) is 0 Å². The maximum absolute atomic E-state index is 10.4. The molecule has 3 nitrogen and oxygen atoms in total. The van der Waals surface area contributed by atoms with E-state index in [2.05, 4.69) is 24.6 Å². The maximum atomic E-state index is 10.4. The Morgan fingerprint density at radius 1 is 1.14 bits per heavy atom. The van der Waals surface area contributed by atoms with E-state index in [0.29, 0.717) is 6.54 Å². The predicted octanol–water partition coefficient (Wildman–Crippen LogP) is 1.13. The summed E-state index contributed by atoms with van der Waals surface area (Å²) in [4.78, 5) is 10.4. The van der Waals surface area contributed by atoms with Gasteiger partial charge >= 0.3 is 0 Å². The number of rotatable bonds is 3. The number of carbonyl (C=O) groups excluding carboxylic acids is 1. The normalized spacial score (nSPS) is 5.57. The molecule has 0 aromatic heterocycles. The van der Waals surface area contributed by atoms with Crippen LogP contribution in [-0.4, -0.2) is 12.6 Å². The van der Waals surface area contributed by atoms with Crippen molar-refractivity contribution in [2.75, 3.05) is 6.54 Å². The van der Waals surface area contributed by atoms with E-state index in [1.807, 2.05) is 0 Å². The second-order valence-electron chi connectivity index (χ2n) is 1.64. The van der Waals surface area contributed by atoms with E-state index >= 15 is 0 Å². The van der Waals surface area contributed by atoms with Crippen LogP contribution in [0.1, 0.15) is 12.8 Å². The second kappa shape index (κ2) is 30.1. The molecule has 0 saturated heterocycles. The summed E-state index contributed by atoms with van der Waals surface area (Å²) < 4.78 is 0. The molecule has 74 valence electrons. The standard InChI is InChI=1S/C6H12N2O.CH3.4Y/c1-3-4-5-8-6(9)7-2;;;;;/h1-5H2,(H2,7,8,9);1H3;;;;/q-2;-1;;;;. The van der Waals surface area contributed by atoms with Gasteiger partial charge in [0.2, 0.25) is 0 Å². The topological polar surface area (TPSA) is 41.1 Å². The molecule has 14 heavy (non-hydrogen) atoms. The molecular formula is C7H15N2OY4-3. The van der Waals surface area contributed by atoms with Crippen LogP contribution >= 0.6 is 0 Å². The molecule has 0 fully saturated rings. The molecule has 4 radical (unpaired) electrons. The molecule has 0 unspecified atom stereocenters. The molecule has 0 aliphatic rings. The van der Waals surface area contributed by atoms with Gasteiger partial charge in [0.05, 0.1) is 0 Å². The quantitative estimate of drug-likeness (QED) is 0.445. The molecule has 0 heterocycles. The summed E-state index contributed by atoms with van der Waals surface area (Å²) >= 11 is 0. The van der Waals surface area contributed by atoms with Gasteiger partial charge < -0.3 is 25.0 Å². The van der Waals surface area contributed by atoms with Gasteiger partial charge in [0.15, 0.2) is 0 Å². The van der Waals surface area contributed by atoms with Gasteiger partial charge in [-0.25, -0.2) is 0 Å². The van der Waals surface area contributed by atoms with Gasteiger partial charge in [0, 0.05) is 137 Å². The Kier molecular flexibility index (Phi) is 77.4. The summed E-state index contributed by atoms with van der Waals surface area (Å²) in [5.41, 5.74) is 0. The first-order valence-electron chi connectivity index (χ1n) is 2.91. The predicted molar refractivity (Wildman–Crippen MR) is 42.9 cm³/mol. The van der Waals surface area contributed by atoms with Gasteiger partial charge in [-0.3, -0.25) is 11.8 Å². The van der Waals surface area contributed by atoms with Gasteiger partial charge in [0.25, 0.3) is 6.03 Å². The summed E-state index contributed by atoms with van der Waals surface area (Å²) in [5, 5.41) is 4.78. The van der Waals surface area contributed by atoms with E-state index in [1.54, 1.807) is 0 Å². The molecule has 0 aliphatic carbocycles. The fraction of sp³-hybridized carbons (Fsp3) is 0.429. The minimum Gasteiger partial charge on any atom is -0.490 e. The molecule has 2 N–H and O–H groups in total.